The number of carbonyl (C=O) groups excluding carboxylic acids is 1. The SMILES string of the molecule is CN1CC(Nc2ccc(F)cn2)CCC1=O. The van der Waals surface area contributed by atoms with Gasteiger partial charge in [0.2, 0.25) is 5.91 Å². The van der Waals surface area contributed by atoms with Crippen molar-refractivity contribution in [3.63, 3.8) is 0 Å². The van der Waals surface area contributed by atoms with Gasteiger partial charge in [-0.05, 0) is 18.6 Å². The van der Waals surface area contributed by atoms with Gasteiger partial charge >= 0.3 is 0 Å². The summed E-state index contributed by atoms with van der Waals surface area (Å²) in [5.74, 6) is 0.473. The van der Waals surface area contributed by atoms with Gasteiger partial charge in [0.05, 0.1) is 6.20 Å². The zero-order chi connectivity index (χ0) is 11.5. The molecule has 4 nitrogen and oxygen atoms in total. The number of anilines is 1. The molecule has 0 aromatic carbocycles. The van der Waals surface area contributed by atoms with Crippen LogP contribution in [0.2, 0.25) is 0 Å². The number of nitrogens with one attached hydrogen (secondary N) is 1. The lowest BCUT2D eigenvalue weighted by Crippen LogP contribution is -2.43. The maximum Gasteiger partial charge on any atom is 0.222 e. The van der Waals surface area contributed by atoms with Gasteiger partial charge in [0.1, 0.15) is 11.6 Å². The topological polar surface area (TPSA) is 45.2 Å². The fourth-order valence-electron chi connectivity index (χ4n) is 1.80. The second kappa shape index (κ2) is 4.47. The minimum absolute atomic E-state index is 0.171. The quantitative estimate of drug-likeness (QED) is 0.820. The van der Waals surface area contributed by atoms with Crippen molar-refractivity contribution in [2.45, 2.75) is 18.9 Å². The molecular weight excluding hydrogens is 209 g/mol. The Hall–Kier alpha value is -1.65. The highest BCUT2D eigenvalue weighted by Crippen LogP contribution is 2.14. The summed E-state index contributed by atoms with van der Waals surface area (Å²) in [6.07, 6.45) is 2.53. The van der Waals surface area contributed by atoms with Crippen LogP contribution < -0.4 is 5.32 Å². The number of hydrogen-bond acceptors (Lipinski definition) is 3. The molecule has 0 aliphatic carbocycles. The minimum atomic E-state index is -0.346. The number of halogens is 1. The number of likely N-dealkylation sites (tertiary alicyclic amines) is 1. The molecule has 1 aromatic rings. The van der Waals surface area contributed by atoms with E-state index in [0.29, 0.717) is 18.8 Å². The number of amides is 1. The summed E-state index contributed by atoms with van der Waals surface area (Å²) < 4.78 is 12.6. The first-order chi connectivity index (χ1) is 7.65. The largest absolute Gasteiger partial charge is 0.366 e. The maximum absolute atomic E-state index is 12.6. The van der Waals surface area contributed by atoms with Crippen LogP contribution in [0.5, 0.6) is 0 Å². The molecule has 1 amide bonds. The molecule has 86 valence electrons. The third-order valence-corrected chi connectivity index (χ3v) is 2.71. The van der Waals surface area contributed by atoms with E-state index in [0.717, 1.165) is 6.42 Å². The van der Waals surface area contributed by atoms with Crippen molar-refractivity contribution in [1.82, 2.24) is 9.88 Å². The minimum Gasteiger partial charge on any atom is -0.366 e. The highest BCUT2D eigenvalue weighted by atomic mass is 19.1. The number of nitrogens with zero attached hydrogens (tertiary/aromatic N) is 2. The molecule has 5 heteroatoms. The van der Waals surface area contributed by atoms with Crippen LogP contribution in [0.1, 0.15) is 12.8 Å². The van der Waals surface area contributed by atoms with E-state index in [-0.39, 0.29) is 17.8 Å². The standard InChI is InChI=1S/C11H14FN3O/c1-15-7-9(3-5-11(15)16)14-10-4-2-8(12)6-13-10/h2,4,6,9H,3,5,7H2,1H3,(H,13,14). The summed E-state index contributed by atoms with van der Waals surface area (Å²) in [5, 5.41) is 3.19. The molecule has 2 heterocycles. The zero-order valence-electron chi connectivity index (χ0n) is 9.11. The summed E-state index contributed by atoms with van der Waals surface area (Å²) >= 11 is 0. The third-order valence-electron chi connectivity index (χ3n) is 2.71. The highest BCUT2D eigenvalue weighted by Gasteiger charge is 2.22. The molecule has 1 saturated heterocycles. The molecule has 1 unspecified atom stereocenters. The van der Waals surface area contributed by atoms with E-state index in [1.54, 1.807) is 18.0 Å². The number of carbonyl (C=O) groups is 1. The Morgan fingerprint density at radius 2 is 2.38 bits per heavy atom. The van der Waals surface area contributed by atoms with Crippen LogP contribution in [0.3, 0.4) is 0 Å². The summed E-state index contributed by atoms with van der Waals surface area (Å²) in [4.78, 5) is 16.9. The van der Waals surface area contributed by atoms with E-state index < -0.39 is 0 Å². The number of hydrogen-bond donors (Lipinski definition) is 1. The van der Waals surface area contributed by atoms with Crippen LogP contribution in [-0.4, -0.2) is 35.4 Å². The van der Waals surface area contributed by atoms with Crippen LogP contribution in [0, 0.1) is 5.82 Å². The third kappa shape index (κ3) is 2.48. The molecule has 0 radical (unpaired) electrons. The Bertz CT molecular complexity index is 379. The number of pyridine rings is 1. The monoisotopic (exact) mass is 223 g/mol. The summed E-state index contributed by atoms with van der Waals surface area (Å²) in [6, 6.07) is 3.17. The summed E-state index contributed by atoms with van der Waals surface area (Å²) in [7, 11) is 1.79. The summed E-state index contributed by atoms with van der Waals surface area (Å²) in [6.45, 7) is 0.665. The van der Waals surface area contributed by atoms with Crippen molar-refractivity contribution in [1.29, 1.82) is 0 Å². The molecule has 16 heavy (non-hydrogen) atoms. The van der Waals surface area contributed by atoms with Crippen molar-refractivity contribution in [3.05, 3.63) is 24.1 Å². The van der Waals surface area contributed by atoms with Crippen LogP contribution in [0.4, 0.5) is 10.2 Å². The van der Waals surface area contributed by atoms with Gasteiger partial charge in [0.15, 0.2) is 0 Å². The zero-order valence-corrected chi connectivity index (χ0v) is 9.11. The second-order valence-corrected chi connectivity index (χ2v) is 4.02. The average molecular weight is 223 g/mol. The Morgan fingerprint density at radius 1 is 1.56 bits per heavy atom. The first kappa shape index (κ1) is 10.9. The first-order valence-corrected chi connectivity index (χ1v) is 5.27. The molecular formula is C11H14FN3O. The van der Waals surface area contributed by atoms with Gasteiger partial charge in [-0.2, -0.15) is 0 Å². The predicted molar refractivity (Wildman–Crippen MR) is 58.5 cm³/mol. The van der Waals surface area contributed by atoms with E-state index in [2.05, 4.69) is 10.3 Å². The average Bonchev–Trinajstić information content (AvgIpc) is 2.27. The van der Waals surface area contributed by atoms with E-state index in [1.807, 2.05) is 0 Å². The molecule has 1 fully saturated rings. The van der Waals surface area contributed by atoms with E-state index >= 15 is 0 Å². The Morgan fingerprint density at radius 3 is 3.00 bits per heavy atom. The van der Waals surface area contributed by atoms with Crippen molar-refractivity contribution < 1.29 is 9.18 Å². The van der Waals surface area contributed by atoms with Crippen molar-refractivity contribution >= 4 is 11.7 Å². The van der Waals surface area contributed by atoms with Crippen LogP contribution in [0.25, 0.3) is 0 Å². The Balaban J connectivity index is 1.95. The van der Waals surface area contributed by atoms with Gasteiger partial charge in [-0.25, -0.2) is 9.37 Å². The van der Waals surface area contributed by atoms with Crippen LogP contribution >= 0.6 is 0 Å². The number of likely N-dealkylation sites (N-methyl/N-ethyl adjacent to an activating group) is 1. The lowest BCUT2D eigenvalue weighted by molar-refractivity contribution is -0.132. The molecule has 1 aliphatic heterocycles. The number of piperidine rings is 1. The molecule has 1 aromatic heterocycles. The van der Waals surface area contributed by atoms with Gasteiger partial charge in [-0.3, -0.25) is 4.79 Å². The van der Waals surface area contributed by atoms with Crippen LogP contribution in [0.15, 0.2) is 18.3 Å². The smallest absolute Gasteiger partial charge is 0.222 e. The second-order valence-electron chi connectivity index (χ2n) is 4.02. The van der Waals surface area contributed by atoms with Crippen molar-refractivity contribution in [2.24, 2.45) is 0 Å². The van der Waals surface area contributed by atoms with Gasteiger partial charge < -0.3 is 10.2 Å². The number of aromatic nitrogens is 1. The van der Waals surface area contributed by atoms with Gasteiger partial charge in [0.25, 0.3) is 0 Å². The number of rotatable bonds is 2. The Labute approximate surface area is 93.5 Å². The molecule has 0 spiro atoms. The van der Waals surface area contributed by atoms with E-state index in [4.69, 9.17) is 0 Å². The molecule has 1 aliphatic rings. The normalized spacial score (nSPS) is 21.0. The lowest BCUT2D eigenvalue weighted by Gasteiger charge is -2.30. The summed E-state index contributed by atoms with van der Waals surface area (Å²) in [5.41, 5.74) is 0. The molecule has 2 rings (SSSR count). The van der Waals surface area contributed by atoms with Gasteiger partial charge in [-0.15, -0.1) is 0 Å². The fraction of sp³-hybridized carbons (Fsp3) is 0.455. The van der Waals surface area contributed by atoms with Gasteiger partial charge in [-0.1, -0.05) is 0 Å². The van der Waals surface area contributed by atoms with Crippen molar-refractivity contribution in [2.75, 3.05) is 18.9 Å². The van der Waals surface area contributed by atoms with Gasteiger partial charge in [0, 0.05) is 26.1 Å². The Kier molecular flexibility index (Phi) is 3.03. The maximum atomic E-state index is 12.6. The molecule has 1 N–H and O–H groups in total. The van der Waals surface area contributed by atoms with Crippen molar-refractivity contribution in [3.8, 4) is 0 Å². The van der Waals surface area contributed by atoms with E-state index in [9.17, 15) is 9.18 Å². The highest BCUT2D eigenvalue weighted by molar-refractivity contribution is 5.76. The lowest BCUT2D eigenvalue weighted by atomic mass is 10.1. The first-order valence-electron chi connectivity index (χ1n) is 5.27. The fourth-order valence-corrected chi connectivity index (χ4v) is 1.80. The van der Waals surface area contributed by atoms with E-state index in [1.165, 1.54) is 12.3 Å². The van der Waals surface area contributed by atoms with Crippen LogP contribution in [-0.2, 0) is 4.79 Å². The molecule has 0 saturated carbocycles. The predicted octanol–water partition coefficient (Wildman–Crippen LogP) is 1.25. The molecule has 0 bridgehead atoms. The molecule has 1 atom stereocenters.